The molecule has 3 N–H and O–H groups in total. The quantitative estimate of drug-likeness (QED) is 0.273. The van der Waals surface area contributed by atoms with Gasteiger partial charge in [-0.25, -0.2) is 13.2 Å². The SMILES string of the molecule is CC1CC(C)CN([C@@H]2C[C@@H](C(=O)N[C@@H](Cc3ccc(NC(=O)c4c(Cl)cncc4Cl)cc3)C(=O)O)N(S(=O)(=O)c3cccc(C#N)c3)C2)C1. The number of amides is 2. The number of hydrogen-bond acceptors (Lipinski definition) is 8. The van der Waals surface area contributed by atoms with Crippen molar-refractivity contribution in [3.63, 3.8) is 0 Å². The van der Waals surface area contributed by atoms with Gasteiger partial charge in [-0.15, -0.1) is 0 Å². The number of rotatable bonds is 10. The third-order valence-electron chi connectivity index (χ3n) is 8.87. The van der Waals surface area contributed by atoms with Crippen molar-refractivity contribution in [3.8, 4) is 6.07 Å². The predicted molar refractivity (Wildman–Crippen MR) is 184 cm³/mol. The van der Waals surface area contributed by atoms with E-state index in [0.29, 0.717) is 23.1 Å². The number of carboxylic acid groups (broad SMARTS) is 1. The number of nitriles is 1. The molecule has 0 aliphatic carbocycles. The average molecular weight is 728 g/mol. The van der Waals surface area contributed by atoms with E-state index in [4.69, 9.17) is 23.2 Å². The lowest BCUT2D eigenvalue weighted by Gasteiger charge is -2.38. The number of hydrogen-bond donors (Lipinski definition) is 3. The number of aliphatic carboxylic acids is 1. The molecule has 5 atom stereocenters. The van der Waals surface area contributed by atoms with Crippen LogP contribution in [0, 0.1) is 23.2 Å². The highest BCUT2D eigenvalue weighted by Crippen LogP contribution is 2.33. The molecule has 1 aromatic heterocycles. The lowest BCUT2D eigenvalue weighted by molar-refractivity contribution is -0.142. The monoisotopic (exact) mass is 726 g/mol. The normalized spacial score (nSPS) is 22.2. The van der Waals surface area contributed by atoms with Gasteiger partial charge in [0.25, 0.3) is 5.91 Å². The zero-order chi connectivity index (χ0) is 35.5. The Bertz CT molecular complexity index is 1860. The fourth-order valence-corrected chi connectivity index (χ4v) is 8.89. The number of carbonyl (C=O) groups excluding carboxylic acids is 2. The van der Waals surface area contributed by atoms with Gasteiger partial charge in [-0.3, -0.25) is 19.5 Å². The van der Waals surface area contributed by atoms with E-state index in [2.05, 4.69) is 34.4 Å². The maximum atomic E-state index is 14.0. The summed E-state index contributed by atoms with van der Waals surface area (Å²) in [5, 5.41) is 24.9. The summed E-state index contributed by atoms with van der Waals surface area (Å²) >= 11 is 12.2. The Morgan fingerprint density at radius 3 is 2.29 bits per heavy atom. The molecule has 5 rings (SSSR count). The molecule has 2 unspecified atom stereocenters. The molecule has 15 heteroatoms. The molecule has 49 heavy (non-hydrogen) atoms. The van der Waals surface area contributed by atoms with Crippen LogP contribution >= 0.6 is 23.2 Å². The van der Waals surface area contributed by atoms with Crippen LogP contribution in [-0.4, -0.2) is 83.3 Å². The molecule has 2 saturated heterocycles. The van der Waals surface area contributed by atoms with E-state index >= 15 is 0 Å². The third-order valence-corrected chi connectivity index (χ3v) is 11.3. The van der Waals surface area contributed by atoms with Gasteiger partial charge in [-0.1, -0.05) is 55.2 Å². The molecule has 0 saturated carbocycles. The van der Waals surface area contributed by atoms with E-state index in [9.17, 15) is 33.2 Å². The van der Waals surface area contributed by atoms with Gasteiger partial charge in [0, 0.05) is 50.2 Å². The predicted octanol–water partition coefficient (Wildman–Crippen LogP) is 4.43. The number of likely N-dealkylation sites (tertiary alicyclic amines) is 1. The molecule has 2 aromatic carbocycles. The van der Waals surface area contributed by atoms with Crippen molar-refractivity contribution in [2.24, 2.45) is 11.8 Å². The first kappa shape index (κ1) is 36.2. The van der Waals surface area contributed by atoms with E-state index in [0.717, 1.165) is 23.8 Å². The minimum atomic E-state index is -4.23. The number of aromatic nitrogens is 1. The van der Waals surface area contributed by atoms with E-state index in [1.807, 2.05) is 6.07 Å². The molecule has 258 valence electrons. The van der Waals surface area contributed by atoms with Gasteiger partial charge < -0.3 is 15.7 Å². The molecule has 12 nitrogen and oxygen atoms in total. The Labute approximate surface area is 295 Å². The number of pyridine rings is 1. The summed E-state index contributed by atoms with van der Waals surface area (Å²) in [5.41, 5.74) is 1.17. The molecule has 0 spiro atoms. The van der Waals surface area contributed by atoms with Crippen molar-refractivity contribution in [3.05, 3.63) is 87.7 Å². The minimum absolute atomic E-state index is 0.0531. The van der Waals surface area contributed by atoms with Gasteiger partial charge in [-0.05, 0) is 60.6 Å². The summed E-state index contributed by atoms with van der Waals surface area (Å²) in [6.45, 7) is 5.87. The van der Waals surface area contributed by atoms with Crippen LogP contribution in [0.4, 0.5) is 5.69 Å². The molecule has 3 heterocycles. The molecular weight excluding hydrogens is 691 g/mol. The third kappa shape index (κ3) is 8.40. The Morgan fingerprint density at radius 2 is 1.67 bits per heavy atom. The highest BCUT2D eigenvalue weighted by Gasteiger charge is 2.47. The summed E-state index contributed by atoms with van der Waals surface area (Å²) in [6, 6.07) is 11.1. The van der Waals surface area contributed by atoms with Gasteiger partial charge in [0.05, 0.1) is 32.1 Å². The summed E-state index contributed by atoms with van der Waals surface area (Å²) in [6.07, 6.45) is 3.73. The second kappa shape index (κ2) is 15.2. The number of halogens is 2. The molecule has 2 aliphatic heterocycles. The fraction of sp³-hybridized carbons (Fsp3) is 0.382. The van der Waals surface area contributed by atoms with Crippen molar-refractivity contribution in [1.29, 1.82) is 5.26 Å². The molecule has 2 aliphatic rings. The van der Waals surface area contributed by atoms with Crippen LogP contribution in [-0.2, 0) is 26.0 Å². The summed E-state index contributed by atoms with van der Waals surface area (Å²) in [7, 11) is -4.23. The number of carboxylic acids is 1. The highest BCUT2D eigenvalue weighted by atomic mass is 35.5. The first-order valence-corrected chi connectivity index (χ1v) is 17.9. The Morgan fingerprint density at radius 1 is 1.02 bits per heavy atom. The zero-order valence-electron chi connectivity index (χ0n) is 26.8. The van der Waals surface area contributed by atoms with Gasteiger partial charge in [0.2, 0.25) is 15.9 Å². The number of anilines is 1. The van der Waals surface area contributed by atoms with Crippen LogP contribution in [0.5, 0.6) is 0 Å². The van der Waals surface area contributed by atoms with E-state index < -0.39 is 39.9 Å². The number of piperidine rings is 1. The van der Waals surface area contributed by atoms with Gasteiger partial charge in [0.1, 0.15) is 12.1 Å². The van der Waals surface area contributed by atoms with Crippen LogP contribution in [0.1, 0.15) is 48.2 Å². The summed E-state index contributed by atoms with van der Waals surface area (Å²) in [4.78, 5) is 44.9. The largest absolute Gasteiger partial charge is 0.480 e. The first-order valence-electron chi connectivity index (χ1n) is 15.7. The van der Waals surface area contributed by atoms with Crippen molar-refractivity contribution in [1.82, 2.24) is 19.5 Å². The standard InChI is InChI=1S/C34H36Cl2N6O6S/c1-20-10-21(2)18-41(17-20)25-13-30(42(19-25)49(47,48)26-5-3-4-23(11-26)14-37)32(43)40-29(34(45)46)12-22-6-8-24(9-7-22)39-33(44)31-27(35)15-38-16-28(31)36/h3-9,11,15-16,20-21,25,29-30H,10,12-13,17-19H2,1-2H3,(H,39,44)(H,40,43)(H,45,46)/t20?,21?,25-,29+,30+/m1/s1. The van der Waals surface area contributed by atoms with Crippen molar-refractivity contribution < 1.29 is 27.9 Å². The smallest absolute Gasteiger partial charge is 0.326 e. The zero-order valence-corrected chi connectivity index (χ0v) is 29.2. The van der Waals surface area contributed by atoms with E-state index in [-0.39, 0.29) is 51.5 Å². The molecule has 0 radical (unpaired) electrons. The fourth-order valence-electron chi connectivity index (χ4n) is 6.67. The van der Waals surface area contributed by atoms with E-state index in [1.54, 1.807) is 24.3 Å². The molecule has 0 bridgehead atoms. The van der Waals surface area contributed by atoms with Crippen LogP contribution in [0.15, 0.2) is 65.8 Å². The molecule has 3 aromatic rings. The Balaban J connectivity index is 1.33. The lowest BCUT2D eigenvalue weighted by atomic mass is 9.90. The van der Waals surface area contributed by atoms with Crippen LogP contribution in [0.25, 0.3) is 0 Å². The second-order valence-electron chi connectivity index (χ2n) is 12.8. The number of carbonyl (C=O) groups is 3. The van der Waals surface area contributed by atoms with Crippen molar-refractivity contribution in [2.75, 3.05) is 25.0 Å². The Hall–Kier alpha value is -4.06. The minimum Gasteiger partial charge on any atom is -0.480 e. The number of nitrogens with zero attached hydrogens (tertiary/aromatic N) is 4. The van der Waals surface area contributed by atoms with Crippen LogP contribution in [0.2, 0.25) is 10.0 Å². The molecule has 2 amide bonds. The molecular formula is C34H36Cl2N6O6S. The van der Waals surface area contributed by atoms with Crippen molar-refractivity contribution >= 4 is 56.7 Å². The first-order chi connectivity index (χ1) is 23.3. The number of benzene rings is 2. The maximum Gasteiger partial charge on any atom is 0.326 e. The Kier molecular flexibility index (Phi) is 11.3. The van der Waals surface area contributed by atoms with Crippen molar-refractivity contribution in [2.45, 2.75) is 56.1 Å². The van der Waals surface area contributed by atoms with Gasteiger partial charge >= 0.3 is 5.97 Å². The molecule has 2 fully saturated rings. The second-order valence-corrected chi connectivity index (χ2v) is 15.5. The van der Waals surface area contributed by atoms with Crippen LogP contribution < -0.4 is 10.6 Å². The summed E-state index contributed by atoms with van der Waals surface area (Å²) < 4.78 is 29.1. The topological polar surface area (TPSA) is 173 Å². The highest BCUT2D eigenvalue weighted by molar-refractivity contribution is 7.89. The summed E-state index contributed by atoms with van der Waals surface area (Å²) in [5.74, 6) is -1.77. The van der Waals surface area contributed by atoms with Crippen LogP contribution in [0.3, 0.4) is 0 Å². The lowest BCUT2D eigenvalue weighted by Crippen LogP contribution is -2.51. The maximum absolute atomic E-state index is 14.0. The van der Waals surface area contributed by atoms with Gasteiger partial charge in [0.15, 0.2) is 0 Å². The average Bonchev–Trinajstić information content (AvgIpc) is 3.52. The number of nitrogens with one attached hydrogen (secondary N) is 2. The number of sulfonamides is 1. The van der Waals surface area contributed by atoms with E-state index in [1.165, 1.54) is 36.7 Å². The van der Waals surface area contributed by atoms with Gasteiger partial charge in [-0.2, -0.15) is 9.57 Å².